The second kappa shape index (κ2) is 5.75. The Kier molecular flexibility index (Phi) is 4.26. The van der Waals surface area contributed by atoms with E-state index in [0.717, 1.165) is 19.5 Å². The Hall–Kier alpha value is -1.34. The minimum atomic E-state index is -0.974. The molecule has 19 heavy (non-hydrogen) atoms. The van der Waals surface area contributed by atoms with Crippen LogP contribution in [0.3, 0.4) is 0 Å². The number of carboxylic acids is 1. The molecular weight excluding hydrogens is 250 g/mol. The van der Waals surface area contributed by atoms with Gasteiger partial charge in [0.05, 0.1) is 6.10 Å². The Morgan fingerprint density at radius 1 is 1.37 bits per heavy atom. The molecule has 2 fully saturated rings. The summed E-state index contributed by atoms with van der Waals surface area (Å²) in [6, 6.07) is -0.982. The zero-order valence-corrected chi connectivity index (χ0v) is 11.3. The van der Waals surface area contributed by atoms with E-state index in [1.165, 1.54) is 12.0 Å². The number of nitrogens with zero attached hydrogens (tertiary/aromatic N) is 2. The van der Waals surface area contributed by atoms with Crippen molar-refractivity contribution in [1.82, 2.24) is 15.1 Å². The summed E-state index contributed by atoms with van der Waals surface area (Å²) in [5.74, 6) is -0.974. The van der Waals surface area contributed by atoms with Gasteiger partial charge in [0.2, 0.25) is 0 Å². The number of aliphatic carboxylic acids is 1. The number of carboxylic acid groups (broad SMARTS) is 1. The van der Waals surface area contributed by atoms with Gasteiger partial charge in [-0.1, -0.05) is 0 Å². The third kappa shape index (κ3) is 3.16. The van der Waals surface area contributed by atoms with Crippen molar-refractivity contribution in [3.8, 4) is 0 Å². The predicted octanol–water partition coefficient (Wildman–Crippen LogP) is -0.426. The van der Waals surface area contributed by atoms with E-state index in [-0.39, 0.29) is 18.2 Å². The van der Waals surface area contributed by atoms with Crippen LogP contribution in [-0.4, -0.2) is 78.9 Å². The summed E-state index contributed by atoms with van der Waals surface area (Å²) in [6.07, 6.45) is 1.06. The number of methoxy groups -OCH3 is 1. The molecule has 3 unspecified atom stereocenters. The third-order valence-electron chi connectivity index (χ3n) is 3.86. The first kappa shape index (κ1) is 14.1. The normalized spacial score (nSPS) is 31.7. The zero-order valence-electron chi connectivity index (χ0n) is 11.3. The highest BCUT2D eigenvalue weighted by atomic mass is 16.5. The van der Waals surface area contributed by atoms with Gasteiger partial charge in [0.25, 0.3) is 0 Å². The monoisotopic (exact) mass is 271 g/mol. The lowest BCUT2D eigenvalue weighted by atomic mass is 10.2. The van der Waals surface area contributed by atoms with Crippen LogP contribution in [0.1, 0.15) is 12.8 Å². The van der Waals surface area contributed by atoms with Gasteiger partial charge in [-0.25, -0.2) is 9.59 Å². The van der Waals surface area contributed by atoms with Crippen LogP contribution < -0.4 is 5.32 Å². The van der Waals surface area contributed by atoms with Gasteiger partial charge < -0.3 is 25.0 Å². The number of hydrogen-bond acceptors (Lipinski definition) is 4. The fraction of sp³-hybridized carbons (Fsp3) is 0.833. The molecule has 2 heterocycles. The number of amides is 2. The molecule has 7 nitrogen and oxygen atoms in total. The highest BCUT2D eigenvalue weighted by molar-refractivity contribution is 5.83. The number of ether oxygens (including phenoxy) is 1. The van der Waals surface area contributed by atoms with Crippen LogP contribution >= 0.6 is 0 Å². The molecule has 2 aliphatic rings. The number of likely N-dealkylation sites (N-methyl/N-ethyl adjacent to an activating group) is 1. The average Bonchev–Trinajstić information content (AvgIpc) is 2.95. The van der Waals surface area contributed by atoms with Gasteiger partial charge in [0, 0.05) is 32.7 Å². The van der Waals surface area contributed by atoms with E-state index in [1.807, 2.05) is 7.05 Å². The van der Waals surface area contributed by atoms with Crippen molar-refractivity contribution in [3.05, 3.63) is 0 Å². The van der Waals surface area contributed by atoms with E-state index in [0.29, 0.717) is 13.0 Å². The lowest BCUT2D eigenvalue weighted by Crippen LogP contribution is -2.49. The summed E-state index contributed by atoms with van der Waals surface area (Å²) in [5, 5.41) is 12.1. The van der Waals surface area contributed by atoms with Crippen molar-refractivity contribution in [1.29, 1.82) is 0 Å². The van der Waals surface area contributed by atoms with E-state index < -0.39 is 12.0 Å². The Labute approximate surface area is 112 Å². The second-order valence-corrected chi connectivity index (χ2v) is 5.30. The molecule has 7 heteroatoms. The van der Waals surface area contributed by atoms with Crippen LogP contribution in [0.5, 0.6) is 0 Å². The van der Waals surface area contributed by atoms with Crippen LogP contribution in [0.15, 0.2) is 0 Å². The summed E-state index contributed by atoms with van der Waals surface area (Å²) >= 11 is 0. The minimum absolute atomic E-state index is 0.105. The quantitative estimate of drug-likeness (QED) is 0.728. The van der Waals surface area contributed by atoms with E-state index in [2.05, 4.69) is 10.2 Å². The molecule has 0 saturated carbocycles. The lowest BCUT2D eigenvalue weighted by Gasteiger charge is -2.24. The predicted molar refractivity (Wildman–Crippen MR) is 68.0 cm³/mol. The van der Waals surface area contributed by atoms with Gasteiger partial charge in [-0.05, 0) is 20.0 Å². The summed E-state index contributed by atoms with van der Waals surface area (Å²) in [5.41, 5.74) is 0. The van der Waals surface area contributed by atoms with Crippen molar-refractivity contribution in [2.75, 3.05) is 33.8 Å². The Morgan fingerprint density at radius 3 is 2.63 bits per heavy atom. The number of nitrogens with one attached hydrogen (secondary N) is 1. The van der Waals surface area contributed by atoms with Crippen LogP contribution in [0.25, 0.3) is 0 Å². The van der Waals surface area contributed by atoms with Crippen LogP contribution in [-0.2, 0) is 9.53 Å². The molecule has 0 aromatic rings. The molecule has 0 radical (unpaired) electrons. The van der Waals surface area contributed by atoms with Gasteiger partial charge in [-0.3, -0.25) is 0 Å². The molecule has 2 amide bonds. The molecule has 108 valence electrons. The number of carbonyl (C=O) groups is 2. The molecule has 2 N–H and O–H groups in total. The Bertz CT molecular complexity index is 363. The fourth-order valence-electron chi connectivity index (χ4n) is 2.74. The van der Waals surface area contributed by atoms with Crippen molar-refractivity contribution in [2.45, 2.75) is 31.0 Å². The SMILES string of the molecule is COC1CC(C(=O)O)N(C(=O)NC2CCN(C)C2)C1. The van der Waals surface area contributed by atoms with Crippen molar-refractivity contribution in [3.63, 3.8) is 0 Å². The standard InChI is InChI=1S/C12H21N3O4/c1-14-4-3-8(6-14)13-12(18)15-7-9(19-2)5-10(15)11(16)17/h8-10H,3-7H2,1-2H3,(H,13,18)(H,16,17). The lowest BCUT2D eigenvalue weighted by molar-refractivity contribution is -0.141. The highest BCUT2D eigenvalue weighted by Gasteiger charge is 2.40. The summed E-state index contributed by atoms with van der Waals surface area (Å²) in [4.78, 5) is 26.9. The number of hydrogen-bond donors (Lipinski definition) is 2. The number of carbonyl (C=O) groups excluding carboxylic acids is 1. The van der Waals surface area contributed by atoms with E-state index in [9.17, 15) is 9.59 Å². The molecule has 0 aromatic heterocycles. The molecule has 2 rings (SSSR count). The van der Waals surface area contributed by atoms with Crippen LogP contribution in [0.4, 0.5) is 4.79 Å². The van der Waals surface area contributed by atoms with Gasteiger partial charge in [-0.2, -0.15) is 0 Å². The minimum Gasteiger partial charge on any atom is -0.480 e. The number of urea groups is 1. The summed E-state index contributed by atoms with van der Waals surface area (Å²) in [6.45, 7) is 2.10. The molecule has 2 saturated heterocycles. The Balaban J connectivity index is 1.94. The van der Waals surface area contributed by atoms with Gasteiger partial charge in [0.15, 0.2) is 0 Å². The zero-order chi connectivity index (χ0) is 14.0. The van der Waals surface area contributed by atoms with Gasteiger partial charge in [-0.15, -0.1) is 0 Å². The smallest absolute Gasteiger partial charge is 0.326 e. The Morgan fingerprint density at radius 2 is 2.11 bits per heavy atom. The van der Waals surface area contributed by atoms with Gasteiger partial charge in [0.1, 0.15) is 6.04 Å². The summed E-state index contributed by atoms with van der Waals surface area (Å²) < 4.78 is 5.17. The molecule has 3 atom stereocenters. The van der Waals surface area contributed by atoms with Crippen LogP contribution in [0.2, 0.25) is 0 Å². The molecular formula is C12H21N3O4. The maximum Gasteiger partial charge on any atom is 0.326 e. The molecule has 0 aliphatic carbocycles. The molecule has 0 aromatic carbocycles. The summed E-state index contributed by atoms with van der Waals surface area (Å²) in [7, 11) is 3.54. The maximum atomic E-state index is 12.2. The number of likely N-dealkylation sites (tertiary alicyclic amines) is 2. The molecule has 0 bridgehead atoms. The first-order valence-electron chi connectivity index (χ1n) is 6.52. The van der Waals surface area contributed by atoms with Gasteiger partial charge >= 0.3 is 12.0 Å². The van der Waals surface area contributed by atoms with E-state index >= 15 is 0 Å². The fourth-order valence-corrected chi connectivity index (χ4v) is 2.74. The number of rotatable bonds is 3. The second-order valence-electron chi connectivity index (χ2n) is 5.30. The van der Waals surface area contributed by atoms with E-state index in [1.54, 1.807) is 0 Å². The first-order valence-corrected chi connectivity index (χ1v) is 6.52. The molecule has 0 spiro atoms. The van der Waals surface area contributed by atoms with E-state index in [4.69, 9.17) is 9.84 Å². The average molecular weight is 271 g/mol. The van der Waals surface area contributed by atoms with Crippen molar-refractivity contribution in [2.24, 2.45) is 0 Å². The van der Waals surface area contributed by atoms with Crippen molar-refractivity contribution >= 4 is 12.0 Å². The van der Waals surface area contributed by atoms with Crippen molar-refractivity contribution < 1.29 is 19.4 Å². The first-order chi connectivity index (χ1) is 9.01. The topological polar surface area (TPSA) is 82.1 Å². The third-order valence-corrected chi connectivity index (χ3v) is 3.86. The maximum absolute atomic E-state index is 12.2. The highest BCUT2D eigenvalue weighted by Crippen LogP contribution is 2.20. The largest absolute Gasteiger partial charge is 0.480 e. The van der Waals surface area contributed by atoms with Crippen LogP contribution in [0, 0.1) is 0 Å². The molecule has 2 aliphatic heterocycles.